The number of oxime groups is 1. The van der Waals surface area contributed by atoms with E-state index < -0.39 is 0 Å². The second-order valence-corrected chi connectivity index (χ2v) is 5.28. The van der Waals surface area contributed by atoms with Gasteiger partial charge in [-0.05, 0) is 36.2 Å². The van der Waals surface area contributed by atoms with Crippen LogP contribution in [-0.2, 0) is 6.54 Å². The highest BCUT2D eigenvalue weighted by atomic mass is 35.5. The summed E-state index contributed by atoms with van der Waals surface area (Å²) in [7, 11) is 0. The van der Waals surface area contributed by atoms with Gasteiger partial charge in [0.2, 0.25) is 0 Å². The third-order valence-corrected chi connectivity index (χ3v) is 3.56. The van der Waals surface area contributed by atoms with E-state index in [-0.39, 0.29) is 11.9 Å². The van der Waals surface area contributed by atoms with Crippen LogP contribution < -0.4 is 11.1 Å². The van der Waals surface area contributed by atoms with E-state index >= 15 is 0 Å². The highest BCUT2D eigenvalue weighted by molar-refractivity contribution is 6.30. The van der Waals surface area contributed by atoms with Crippen LogP contribution in [0.3, 0.4) is 0 Å². The molecule has 2 aromatic carbocycles. The minimum Gasteiger partial charge on any atom is -0.409 e. The molecule has 0 aromatic heterocycles. The molecule has 0 saturated carbocycles. The van der Waals surface area contributed by atoms with Crippen LogP contribution >= 0.6 is 11.6 Å². The fourth-order valence-electron chi connectivity index (χ4n) is 2.04. The Morgan fingerprint density at radius 3 is 2.67 bits per heavy atom. The van der Waals surface area contributed by atoms with Gasteiger partial charge in [0, 0.05) is 23.2 Å². The molecule has 4 N–H and O–H groups in total. The molecule has 0 aliphatic carbocycles. The largest absolute Gasteiger partial charge is 0.409 e. The van der Waals surface area contributed by atoms with Crippen molar-refractivity contribution in [3.05, 3.63) is 70.2 Å². The maximum absolute atomic E-state index is 8.70. The van der Waals surface area contributed by atoms with Gasteiger partial charge < -0.3 is 16.3 Å². The lowest BCUT2D eigenvalue weighted by atomic mass is 10.1. The van der Waals surface area contributed by atoms with Crippen LogP contribution in [0, 0.1) is 0 Å². The predicted octanol–water partition coefficient (Wildman–Crippen LogP) is 3.29. The number of rotatable bonds is 5. The number of amidine groups is 1. The topological polar surface area (TPSA) is 70.6 Å². The van der Waals surface area contributed by atoms with Gasteiger partial charge >= 0.3 is 0 Å². The van der Waals surface area contributed by atoms with Crippen molar-refractivity contribution in [3.63, 3.8) is 0 Å². The predicted molar refractivity (Wildman–Crippen MR) is 85.7 cm³/mol. The normalized spacial score (nSPS) is 13.1. The number of benzene rings is 2. The average Bonchev–Trinajstić information content (AvgIpc) is 2.52. The first-order valence-corrected chi connectivity index (χ1v) is 7.03. The molecule has 0 amide bonds. The highest BCUT2D eigenvalue weighted by Gasteiger charge is 2.06. The number of nitrogens with two attached hydrogens (primary N) is 1. The third-order valence-electron chi connectivity index (χ3n) is 3.31. The summed E-state index contributed by atoms with van der Waals surface area (Å²) in [5, 5.41) is 15.9. The minimum absolute atomic E-state index is 0.114. The van der Waals surface area contributed by atoms with Gasteiger partial charge in [0.15, 0.2) is 5.84 Å². The number of hydrogen-bond acceptors (Lipinski definition) is 3. The lowest BCUT2D eigenvalue weighted by molar-refractivity contribution is 0.318. The maximum Gasteiger partial charge on any atom is 0.170 e. The smallest absolute Gasteiger partial charge is 0.170 e. The number of nitrogens with zero attached hydrogens (tertiary/aromatic N) is 1. The molecule has 1 unspecified atom stereocenters. The first-order valence-electron chi connectivity index (χ1n) is 6.66. The number of halogens is 1. The standard InChI is InChI=1S/C16H18ClN3O/c1-11(13-5-7-15(17)8-6-13)19-10-12-3-2-4-14(9-12)16(18)20-21/h2-9,11,19,21H,10H2,1H3,(H2,18,20). The lowest BCUT2D eigenvalue weighted by Crippen LogP contribution is -2.19. The van der Waals surface area contributed by atoms with E-state index in [4.69, 9.17) is 22.5 Å². The van der Waals surface area contributed by atoms with E-state index in [1.165, 1.54) is 5.56 Å². The molecule has 0 radical (unpaired) electrons. The SMILES string of the molecule is CC(NCc1cccc(C(N)=NO)c1)c1ccc(Cl)cc1. The first kappa shape index (κ1) is 15.4. The van der Waals surface area contributed by atoms with Crippen molar-refractivity contribution in [2.24, 2.45) is 10.9 Å². The first-order chi connectivity index (χ1) is 10.1. The van der Waals surface area contributed by atoms with Crippen LogP contribution in [0.4, 0.5) is 0 Å². The van der Waals surface area contributed by atoms with Crippen molar-refractivity contribution in [1.29, 1.82) is 0 Å². The molecule has 5 heteroatoms. The van der Waals surface area contributed by atoms with Gasteiger partial charge in [0.05, 0.1) is 0 Å². The van der Waals surface area contributed by atoms with Gasteiger partial charge in [-0.1, -0.05) is 47.1 Å². The number of hydrogen-bond donors (Lipinski definition) is 3. The Balaban J connectivity index is 2.01. The van der Waals surface area contributed by atoms with Gasteiger partial charge in [0.1, 0.15) is 0 Å². The van der Waals surface area contributed by atoms with Crippen molar-refractivity contribution in [3.8, 4) is 0 Å². The van der Waals surface area contributed by atoms with Crippen molar-refractivity contribution in [1.82, 2.24) is 5.32 Å². The van der Waals surface area contributed by atoms with Crippen LogP contribution in [0.25, 0.3) is 0 Å². The van der Waals surface area contributed by atoms with E-state index in [2.05, 4.69) is 17.4 Å². The summed E-state index contributed by atoms with van der Waals surface area (Å²) in [6, 6.07) is 15.6. The van der Waals surface area contributed by atoms with Gasteiger partial charge in [-0.3, -0.25) is 0 Å². The van der Waals surface area contributed by atoms with Crippen LogP contribution in [0.15, 0.2) is 53.7 Å². The third kappa shape index (κ3) is 4.21. The Bertz CT molecular complexity index is 626. The van der Waals surface area contributed by atoms with Gasteiger partial charge in [-0.2, -0.15) is 0 Å². The Kier molecular flexibility index (Phi) is 5.20. The van der Waals surface area contributed by atoms with E-state index in [9.17, 15) is 0 Å². The van der Waals surface area contributed by atoms with Crippen molar-refractivity contribution < 1.29 is 5.21 Å². The lowest BCUT2D eigenvalue weighted by Gasteiger charge is -2.15. The molecule has 110 valence electrons. The summed E-state index contributed by atoms with van der Waals surface area (Å²) in [4.78, 5) is 0. The van der Waals surface area contributed by atoms with Crippen LogP contribution in [0.1, 0.15) is 29.7 Å². The second kappa shape index (κ2) is 7.11. The molecule has 0 saturated heterocycles. The molecule has 0 heterocycles. The Hall–Kier alpha value is -2.04. The summed E-state index contributed by atoms with van der Waals surface area (Å²) in [5.41, 5.74) is 8.54. The summed E-state index contributed by atoms with van der Waals surface area (Å²) in [6.07, 6.45) is 0. The molecule has 1 atom stereocenters. The maximum atomic E-state index is 8.70. The molecule has 0 spiro atoms. The van der Waals surface area contributed by atoms with E-state index in [0.29, 0.717) is 12.1 Å². The number of nitrogens with one attached hydrogen (secondary N) is 1. The summed E-state index contributed by atoms with van der Waals surface area (Å²) in [5.74, 6) is 0.114. The van der Waals surface area contributed by atoms with Crippen LogP contribution in [0.5, 0.6) is 0 Å². The van der Waals surface area contributed by atoms with Crippen molar-refractivity contribution >= 4 is 17.4 Å². The quantitative estimate of drug-likeness (QED) is 0.343. The van der Waals surface area contributed by atoms with Crippen molar-refractivity contribution in [2.75, 3.05) is 0 Å². The zero-order valence-corrected chi connectivity index (χ0v) is 12.5. The molecule has 0 fully saturated rings. The molecule has 0 aliphatic heterocycles. The van der Waals surface area contributed by atoms with E-state index in [1.807, 2.05) is 42.5 Å². The van der Waals surface area contributed by atoms with Gasteiger partial charge in [-0.15, -0.1) is 0 Å². The second-order valence-electron chi connectivity index (χ2n) is 4.84. The average molecular weight is 304 g/mol. The molecule has 0 bridgehead atoms. The molecule has 2 aromatic rings. The van der Waals surface area contributed by atoms with Crippen LogP contribution in [0.2, 0.25) is 5.02 Å². The van der Waals surface area contributed by atoms with E-state index in [1.54, 1.807) is 6.07 Å². The highest BCUT2D eigenvalue weighted by Crippen LogP contribution is 2.16. The van der Waals surface area contributed by atoms with E-state index in [0.717, 1.165) is 10.6 Å². The molecular weight excluding hydrogens is 286 g/mol. The summed E-state index contributed by atoms with van der Waals surface area (Å²) < 4.78 is 0. The Labute approximate surface area is 129 Å². The van der Waals surface area contributed by atoms with Crippen molar-refractivity contribution in [2.45, 2.75) is 19.5 Å². The zero-order valence-electron chi connectivity index (χ0n) is 11.8. The molecule has 21 heavy (non-hydrogen) atoms. The fraction of sp³-hybridized carbons (Fsp3) is 0.188. The molecule has 2 rings (SSSR count). The summed E-state index contributed by atoms with van der Waals surface area (Å²) in [6.45, 7) is 2.78. The van der Waals surface area contributed by atoms with Gasteiger partial charge in [0.25, 0.3) is 0 Å². The minimum atomic E-state index is 0.114. The van der Waals surface area contributed by atoms with Crippen LogP contribution in [-0.4, -0.2) is 11.0 Å². The molecular formula is C16H18ClN3O. The Morgan fingerprint density at radius 1 is 1.29 bits per heavy atom. The summed E-state index contributed by atoms with van der Waals surface area (Å²) >= 11 is 5.89. The monoisotopic (exact) mass is 303 g/mol. The molecule has 4 nitrogen and oxygen atoms in total. The fourth-order valence-corrected chi connectivity index (χ4v) is 2.16. The Morgan fingerprint density at radius 2 is 2.00 bits per heavy atom. The molecule has 0 aliphatic rings. The van der Waals surface area contributed by atoms with Gasteiger partial charge in [-0.25, -0.2) is 0 Å². The zero-order chi connectivity index (χ0) is 15.2.